The van der Waals surface area contributed by atoms with Gasteiger partial charge in [-0.25, -0.2) is 0 Å². The summed E-state index contributed by atoms with van der Waals surface area (Å²) in [6, 6.07) is 15.6. The molecule has 4 rings (SSSR count). The maximum Gasteiger partial charge on any atom is 0.0454 e. The number of allylic oxidation sites excluding steroid dienone is 1. The average molecular weight is 250 g/mol. The Bertz CT molecular complexity index is 654. The van der Waals surface area contributed by atoms with Crippen LogP contribution in [-0.2, 0) is 0 Å². The van der Waals surface area contributed by atoms with Crippen molar-refractivity contribution in [2.24, 2.45) is 0 Å². The minimum Gasteiger partial charge on any atom is -0.117 e. The molecule has 1 aliphatic heterocycles. The zero-order valence-corrected chi connectivity index (χ0v) is 11.1. The van der Waals surface area contributed by atoms with Gasteiger partial charge in [0.1, 0.15) is 0 Å². The van der Waals surface area contributed by atoms with Crippen LogP contribution < -0.4 is 0 Å². The summed E-state index contributed by atoms with van der Waals surface area (Å²) in [5.41, 5.74) is 5.73. The van der Waals surface area contributed by atoms with Gasteiger partial charge in [-0.1, -0.05) is 48.6 Å². The van der Waals surface area contributed by atoms with E-state index >= 15 is 0 Å². The fourth-order valence-electron chi connectivity index (χ4n) is 2.98. The van der Waals surface area contributed by atoms with E-state index in [1.165, 1.54) is 27.1 Å². The molecule has 0 spiro atoms. The van der Waals surface area contributed by atoms with Crippen LogP contribution in [0.5, 0.6) is 0 Å². The van der Waals surface area contributed by atoms with Crippen LogP contribution in [0.3, 0.4) is 0 Å². The van der Waals surface area contributed by atoms with Crippen LogP contribution in [0.25, 0.3) is 6.08 Å². The molecule has 1 aliphatic carbocycles. The molecule has 2 atom stereocenters. The van der Waals surface area contributed by atoms with Crippen LogP contribution in [0, 0.1) is 6.92 Å². The molecule has 0 bridgehead atoms. The van der Waals surface area contributed by atoms with Crippen molar-refractivity contribution in [3.63, 3.8) is 0 Å². The van der Waals surface area contributed by atoms with E-state index in [4.69, 9.17) is 0 Å². The number of rotatable bonds is 0. The Balaban J connectivity index is 1.87. The zero-order valence-electron chi connectivity index (χ0n) is 10.3. The van der Waals surface area contributed by atoms with Crippen molar-refractivity contribution in [3.8, 4) is 0 Å². The third kappa shape index (κ3) is 1.40. The number of aryl methyl sites for hydroxylation is 1. The SMILES string of the molecule is Cc1ccc2c(c1)SC1c3ccccc3C=CC21. The molecule has 2 aromatic rings. The number of benzene rings is 2. The second kappa shape index (κ2) is 3.76. The van der Waals surface area contributed by atoms with Crippen molar-refractivity contribution in [1.82, 2.24) is 0 Å². The van der Waals surface area contributed by atoms with Gasteiger partial charge in [0.05, 0.1) is 0 Å². The summed E-state index contributed by atoms with van der Waals surface area (Å²) in [5, 5.41) is 0.572. The Kier molecular flexibility index (Phi) is 2.18. The first-order valence-corrected chi connectivity index (χ1v) is 7.25. The Morgan fingerprint density at radius 3 is 2.83 bits per heavy atom. The van der Waals surface area contributed by atoms with Crippen molar-refractivity contribution >= 4 is 17.8 Å². The topological polar surface area (TPSA) is 0 Å². The van der Waals surface area contributed by atoms with E-state index in [-0.39, 0.29) is 0 Å². The fourth-order valence-corrected chi connectivity index (χ4v) is 4.58. The number of fused-ring (bicyclic) bond motifs is 5. The van der Waals surface area contributed by atoms with Crippen LogP contribution in [0.4, 0.5) is 0 Å². The summed E-state index contributed by atoms with van der Waals surface area (Å²) in [6.45, 7) is 2.17. The molecule has 0 N–H and O–H groups in total. The minimum absolute atomic E-state index is 0.556. The van der Waals surface area contributed by atoms with E-state index < -0.39 is 0 Å². The van der Waals surface area contributed by atoms with Crippen LogP contribution in [-0.4, -0.2) is 0 Å². The summed E-state index contributed by atoms with van der Waals surface area (Å²) >= 11 is 2.03. The van der Waals surface area contributed by atoms with Crippen LogP contribution in [0.15, 0.2) is 53.4 Å². The largest absolute Gasteiger partial charge is 0.117 e. The quantitative estimate of drug-likeness (QED) is 0.637. The summed E-state index contributed by atoms with van der Waals surface area (Å²) < 4.78 is 0. The van der Waals surface area contributed by atoms with Gasteiger partial charge in [-0.05, 0) is 35.2 Å². The highest BCUT2D eigenvalue weighted by atomic mass is 32.2. The standard InChI is InChI=1S/C17H14S/c1-11-6-8-14-15-9-7-12-4-2-3-5-13(12)17(15)18-16(14)10-11/h2-10,15,17H,1H3. The van der Waals surface area contributed by atoms with Gasteiger partial charge in [0.15, 0.2) is 0 Å². The van der Waals surface area contributed by atoms with E-state index in [9.17, 15) is 0 Å². The van der Waals surface area contributed by atoms with Gasteiger partial charge < -0.3 is 0 Å². The van der Waals surface area contributed by atoms with Crippen LogP contribution >= 0.6 is 11.8 Å². The van der Waals surface area contributed by atoms with Crippen molar-refractivity contribution < 1.29 is 0 Å². The van der Waals surface area contributed by atoms with E-state index in [2.05, 4.69) is 61.5 Å². The molecule has 88 valence electrons. The highest BCUT2D eigenvalue weighted by molar-refractivity contribution is 8.00. The summed E-state index contributed by atoms with van der Waals surface area (Å²) in [4.78, 5) is 1.46. The van der Waals surface area contributed by atoms with Crippen molar-refractivity contribution in [1.29, 1.82) is 0 Å². The Morgan fingerprint density at radius 2 is 1.89 bits per heavy atom. The van der Waals surface area contributed by atoms with Gasteiger partial charge in [0.25, 0.3) is 0 Å². The van der Waals surface area contributed by atoms with Gasteiger partial charge in [-0.15, -0.1) is 11.8 Å². The molecular formula is C17H14S. The molecular weight excluding hydrogens is 236 g/mol. The molecule has 0 amide bonds. The smallest absolute Gasteiger partial charge is 0.0454 e. The lowest BCUT2D eigenvalue weighted by Crippen LogP contribution is -2.06. The van der Waals surface area contributed by atoms with E-state index in [0.29, 0.717) is 11.2 Å². The van der Waals surface area contributed by atoms with Gasteiger partial charge >= 0.3 is 0 Å². The summed E-state index contributed by atoms with van der Waals surface area (Å²) in [6.07, 6.45) is 4.66. The van der Waals surface area contributed by atoms with Crippen molar-refractivity contribution in [2.45, 2.75) is 23.0 Å². The highest BCUT2D eigenvalue weighted by Gasteiger charge is 2.35. The van der Waals surface area contributed by atoms with Gasteiger partial charge in [0.2, 0.25) is 0 Å². The van der Waals surface area contributed by atoms with Crippen molar-refractivity contribution in [3.05, 3.63) is 70.8 Å². The number of hydrogen-bond acceptors (Lipinski definition) is 1. The maximum atomic E-state index is 2.38. The minimum atomic E-state index is 0.556. The Hall–Kier alpha value is -1.47. The highest BCUT2D eigenvalue weighted by Crippen LogP contribution is 2.57. The predicted octanol–water partition coefficient (Wildman–Crippen LogP) is 4.95. The molecule has 0 saturated carbocycles. The van der Waals surface area contributed by atoms with E-state index in [1.807, 2.05) is 11.8 Å². The second-order valence-electron chi connectivity index (χ2n) is 5.09. The summed E-state index contributed by atoms with van der Waals surface area (Å²) in [7, 11) is 0. The molecule has 2 unspecified atom stereocenters. The van der Waals surface area contributed by atoms with Gasteiger partial charge in [0, 0.05) is 16.1 Å². The van der Waals surface area contributed by atoms with Gasteiger partial charge in [-0.3, -0.25) is 0 Å². The van der Waals surface area contributed by atoms with E-state index in [1.54, 1.807) is 0 Å². The monoisotopic (exact) mass is 250 g/mol. The summed E-state index contributed by atoms with van der Waals surface area (Å²) in [5.74, 6) is 0.556. The molecule has 0 aromatic heterocycles. The fraction of sp³-hybridized carbons (Fsp3) is 0.176. The first kappa shape index (κ1) is 10.5. The normalized spacial score (nSPS) is 23.4. The third-order valence-electron chi connectivity index (χ3n) is 3.89. The third-order valence-corrected chi connectivity index (χ3v) is 5.30. The molecule has 0 fully saturated rings. The molecule has 0 radical (unpaired) electrons. The first-order chi connectivity index (χ1) is 8.83. The lowest BCUT2D eigenvalue weighted by Gasteiger charge is -2.23. The van der Waals surface area contributed by atoms with Crippen LogP contribution in [0.1, 0.15) is 33.4 Å². The molecule has 1 heterocycles. The molecule has 0 saturated heterocycles. The molecule has 0 nitrogen and oxygen atoms in total. The number of hydrogen-bond donors (Lipinski definition) is 0. The van der Waals surface area contributed by atoms with E-state index in [0.717, 1.165) is 0 Å². The zero-order chi connectivity index (χ0) is 12.1. The van der Waals surface area contributed by atoms with Crippen LogP contribution in [0.2, 0.25) is 0 Å². The average Bonchev–Trinajstić information content (AvgIpc) is 2.76. The predicted molar refractivity (Wildman–Crippen MR) is 78.0 cm³/mol. The molecule has 2 aromatic carbocycles. The van der Waals surface area contributed by atoms with Crippen molar-refractivity contribution in [2.75, 3.05) is 0 Å². The maximum absolute atomic E-state index is 2.38. The number of thioether (sulfide) groups is 1. The lowest BCUT2D eigenvalue weighted by molar-refractivity contribution is 0.818. The Labute approximate surface area is 112 Å². The lowest BCUT2D eigenvalue weighted by atomic mass is 9.85. The molecule has 1 heteroatoms. The van der Waals surface area contributed by atoms with Gasteiger partial charge in [-0.2, -0.15) is 0 Å². The Morgan fingerprint density at radius 1 is 1.00 bits per heavy atom. The molecule has 2 aliphatic rings. The first-order valence-electron chi connectivity index (χ1n) is 6.37. The second-order valence-corrected chi connectivity index (χ2v) is 6.28. The molecule has 18 heavy (non-hydrogen) atoms.